The van der Waals surface area contributed by atoms with E-state index < -0.39 is 0 Å². The van der Waals surface area contributed by atoms with Crippen LogP contribution >= 0.6 is 38.5 Å². The number of hydrogen-bond acceptors (Lipinski definition) is 0. The van der Waals surface area contributed by atoms with E-state index >= 15 is 0 Å². The predicted molar refractivity (Wildman–Crippen MR) is 48.6 cm³/mol. The maximum atomic E-state index is 12.4. The van der Waals surface area contributed by atoms with Crippen LogP contribution in [0.1, 0.15) is 6.42 Å². The molecule has 0 N–H and O–H groups in total. The molecular weight excluding hydrogens is 298 g/mol. The number of hydrogen-bond donors (Lipinski definition) is 0. The van der Waals surface area contributed by atoms with Crippen molar-refractivity contribution in [2.24, 2.45) is 0 Å². The van der Waals surface area contributed by atoms with Gasteiger partial charge in [-0.3, -0.25) is 0 Å². The lowest BCUT2D eigenvalue weighted by molar-refractivity contribution is 0.653. The van der Waals surface area contributed by atoms with Crippen molar-refractivity contribution in [2.75, 3.05) is 0 Å². The van der Waals surface area contributed by atoms with E-state index in [2.05, 4.69) is 38.5 Å². The van der Waals surface area contributed by atoms with Crippen molar-refractivity contribution < 1.29 is 4.39 Å². The molecule has 0 aliphatic heterocycles. The first-order chi connectivity index (χ1) is 4.10. The second-order valence-electron chi connectivity index (χ2n) is 1.90. The van der Waals surface area contributed by atoms with Crippen LogP contribution in [-0.4, -0.2) is 2.33 Å². The molecule has 0 spiro atoms. The highest BCUT2D eigenvalue weighted by atomic mass is 127. The summed E-state index contributed by atoms with van der Waals surface area (Å²) >= 11 is 5.51. The van der Waals surface area contributed by atoms with Gasteiger partial charge in [-0.05, 0) is 18.6 Å². The van der Waals surface area contributed by atoms with Gasteiger partial charge in [0.2, 0.25) is 0 Å². The fourth-order valence-corrected chi connectivity index (χ4v) is 1.59. The van der Waals surface area contributed by atoms with E-state index in [1.807, 2.05) is 6.08 Å². The Morgan fingerprint density at radius 2 is 2.44 bits per heavy atom. The standard InChI is InChI=1S/C6H5BrFI/c7-6(9)3-1-2-5(8)4-6/h1-2,4H,3H2. The fraction of sp³-hybridized carbons (Fsp3) is 0.333. The Balaban J connectivity index is 2.78. The van der Waals surface area contributed by atoms with Crippen LogP contribution in [-0.2, 0) is 0 Å². The van der Waals surface area contributed by atoms with E-state index in [-0.39, 0.29) is 8.16 Å². The summed E-state index contributed by atoms with van der Waals surface area (Å²) in [4.78, 5) is 0. The van der Waals surface area contributed by atoms with E-state index in [0.717, 1.165) is 6.42 Å². The largest absolute Gasteiger partial charge is 0.207 e. The minimum atomic E-state index is -0.191. The van der Waals surface area contributed by atoms with Crippen LogP contribution in [0.25, 0.3) is 0 Å². The highest BCUT2D eigenvalue weighted by Gasteiger charge is 2.20. The van der Waals surface area contributed by atoms with Gasteiger partial charge >= 0.3 is 0 Å². The summed E-state index contributed by atoms with van der Waals surface area (Å²) < 4.78 is 12.2. The molecule has 0 amide bonds. The molecule has 0 fully saturated rings. The van der Waals surface area contributed by atoms with Gasteiger partial charge in [0.1, 0.15) is 8.16 Å². The normalized spacial score (nSPS) is 34.3. The zero-order valence-electron chi connectivity index (χ0n) is 4.57. The van der Waals surface area contributed by atoms with Crippen molar-refractivity contribution >= 4 is 38.5 Å². The van der Waals surface area contributed by atoms with Crippen molar-refractivity contribution in [2.45, 2.75) is 8.75 Å². The van der Waals surface area contributed by atoms with Crippen LogP contribution < -0.4 is 0 Å². The van der Waals surface area contributed by atoms with Crippen LogP contribution in [0.15, 0.2) is 24.1 Å². The number of allylic oxidation sites excluding steroid dienone is 4. The molecule has 0 nitrogen and oxygen atoms in total. The zero-order valence-corrected chi connectivity index (χ0v) is 8.32. The Hall–Kier alpha value is 0.620. The predicted octanol–water partition coefficient (Wildman–Crippen LogP) is 3.33. The van der Waals surface area contributed by atoms with E-state index in [0.29, 0.717) is 0 Å². The van der Waals surface area contributed by atoms with Crippen molar-refractivity contribution in [3.8, 4) is 0 Å². The first-order valence-electron chi connectivity index (χ1n) is 2.53. The van der Waals surface area contributed by atoms with Crippen LogP contribution in [0.4, 0.5) is 4.39 Å². The van der Waals surface area contributed by atoms with Gasteiger partial charge < -0.3 is 0 Å². The van der Waals surface area contributed by atoms with Crippen LogP contribution in [0, 0.1) is 0 Å². The molecule has 1 aliphatic rings. The Kier molecular flexibility index (Phi) is 2.32. The van der Waals surface area contributed by atoms with Gasteiger partial charge in [-0.15, -0.1) is 0 Å². The topological polar surface area (TPSA) is 0 Å². The maximum absolute atomic E-state index is 12.4. The van der Waals surface area contributed by atoms with Crippen molar-refractivity contribution in [3.05, 3.63) is 24.1 Å². The zero-order chi connectivity index (χ0) is 6.91. The molecule has 0 aromatic heterocycles. The van der Waals surface area contributed by atoms with E-state index in [9.17, 15) is 4.39 Å². The second kappa shape index (κ2) is 2.70. The number of halogens is 3. The summed E-state index contributed by atoms with van der Waals surface area (Å²) in [5, 5.41) is 0. The monoisotopic (exact) mass is 302 g/mol. The molecule has 0 radical (unpaired) electrons. The lowest BCUT2D eigenvalue weighted by Crippen LogP contribution is -2.07. The number of rotatable bonds is 0. The molecular formula is C6H5BrFI. The Bertz CT molecular complexity index is 172. The molecule has 0 bridgehead atoms. The fourth-order valence-electron chi connectivity index (χ4n) is 0.637. The third-order valence-electron chi connectivity index (χ3n) is 1.02. The summed E-state index contributed by atoms with van der Waals surface area (Å²) in [7, 11) is 0. The van der Waals surface area contributed by atoms with E-state index in [1.54, 1.807) is 6.08 Å². The van der Waals surface area contributed by atoms with Crippen molar-refractivity contribution in [3.63, 3.8) is 0 Å². The van der Waals surface area contributed by atoms with E-state index in [4.69, 9.17) is 0 Å². The minimum Gasteiger partial charge on any atom is -0.207 e. The molecule has 3 heteroatoms. The third kappa shape index (κ3) is 2.37. The summed E-state index contributed by atoms with van der Waals surface area (Å²) in [5.41, 5.74) is 0. The van der Waals surface area contributed by atoms with Gasteiger partial charge in [0.25, 0.3) is 0 Å². The SMILES string of the molecule is FC1=CC(Br)(I)CC=C1. The van der Waals surface area contributed by atoms with E-state index in [1.165, 1.54) is 6.08 Å². The maximum Gasteiger partial charge on any atom is 0.121 e. The highest BCUT2D eigenvalue weighted by molar-refractivity contribution is 14.1. The van der Waals surface area contributed by atoms with Crippen LogP contribution in [0.5, 0.6) is 0 Å². The Labute approximate surface area is 75.5 Å². The van der Waals surface area contributed by atoms with Crippen molar-refractivity contribution in [1.29, 1.82) is 0 Å². The van der Waals surface area contributed by atoms with Gasteiger partial charge in [0.15, 0.2) is 0 Å². The van der Waals surface area contributed by atoms with Gasteiger partial charge in [0, 0.05) is 0 Å². The van der Waals surface area contributed by atoms with Crippen LogP contribution in [0.3, 0.4) is 0 Å². The Morgan fingerprint density at radius 1 is 1.78 bits per heavy atom. The molecule has 1 rings (SSSR count). The third-order valence-corrected chi connectivity index (χ3v) is 2.32. The molecule has 0 saturated carbocycles. The van der Waals surface area contributed by atoms with Gasteiger partial charge in [0.05, 0.1) is 0 Å². The van der Waals surface area contributed by atoms with Gasteiger partial charge in [-0.25, -0.2) is 4.39 Å². The van der Waals surface area contributed by atoms with Gasteiger partial charge in [-0.2, -0.15) is 0 Å². The Morgan fingerprint density at radius 3 is 2.78 bits per heavy atom. The molecule has 9 heavy (non-hydrogen) atoms. The molecule has 0 heterocycles. The molecule has 1 atom stereocenters. The highest BCUT2D eigenvalue weighted by Crippen LogP contribution is 2.36. The summed E-state index contributed by atoms with van der Waals surface area (Å²) in [6.07, 6.45) is 5.71. The van der Waals surface area contributed by atoms with Gasteiger partial charge in [-0.1, -0.05) is 44.6 Å². The molecule has 1 aliphatic carbocycles. The second-order valence-corrected chi connectivity index (χ2v) is 6.72. The van der Waals surface area contributed by atoms with Crippen LogP contribution in [0.2, 0.25) is 0 Å². The number of alkyl halides is 2. The summed E-state index contributed by atoms with van der Waals surface area (Å²) in [6.45, 7) is 0. The lowest BCUT2D eigenvalue weighted by Gasteiger charge is -2.15. The van der Waals surface area contributed by atoms with Crippen molar-refractivity contribution in [1.82, 2.24) is 0 Å². The lowest BCUT2D eigenvalue weighted by atomic mass is 10.2. The summed E-state index contributed by atoms with van der Waals surface area (Å²) in [5.74, 6) is -0.160. The minimum absolute atomic E-state index is 0.160. The smallest absolute Gasteiger partial charge is 0.121 e. The molecule has 0 aromatic carbocycles. The first kappa shape index (κ1) is 7.72. The average Bonchev–Trinajstić information content (AvgIpc) is 1.60. The molecule has 0 aromatic rings. The molecule has 50 valence electrons. The first-order valence-corrected chi connectivity index (χ1v) is 4.40. The summed E-state index contributed by atoms with van der Waals surface area (Å²) in [6, 6.07) is 0. The molecule has 0 saturated heterocycles. The molecule has 1 unspecified atom stereocenters. The quantitative estimate of drug-likeness (QED) is 0.476. The average molecular weight is 303 g/mol.